The lowest BCUT2D eigenvalue weighted by molar-refractivity contribution is 0.481. The molecule has 14 heavy (non-hydrogen) atoms. The first-order valence-electron chi connectivity index (χ1n) is 4.26. The number of hydrogen-bond acceptors (Lipinski definition) is 3. The van der Waals surface area contributed by atoms with Crippen molar-refractivity contribution in [3.8, 4) is 5.75 Å². The Bertz CT molecular complexity index is 470. The number of phenolic OH excluding ortho intramolecular Hbond substituents is 1. The maximum Gasteiger partial charge on any atom is 0.126 e. The van der Waals surface area contributed by atoms with Crippen LogP contribution in [0.25, 0.3) is 10.1 Å². The Morgan fingerprint density at radius 2 is 2.00 bits per heavy atom. The van der Waals surface area contributed by atoms with Crippen LogP contribution < -0.4 is 0 Å². The summed E-state index contributed by atoms with van der Waals surface area (Å²) in [5, 5.41) is 11.8. The summed E-state index contributed by atoms with van der Waals surface area (Å²) in [4.78, 5) is 0. The van der Waals surface area contributed by atoms with Gasteiger partial charge in [-0.25, -0.2) is 10.0 Å². The maximum absolute atomic E-state index is 9.78. The van der Waals surface area contributed by atoms with Crippen molar-refractivity contribution >= 4 is 31.6 Å². The highest BCUT2D eigenvalue weighted by atomic mass is 32.3. The molecule has 1 aromatic carbocycles. The first kappa shape index (κ1) is 9.80. The molecule has 4 heteroatoms. The summed E-state index contributed by atoms with van der Waals surface area (Å²) in [5.74, 6) is 0.355. The highest BCUT2D eigenvalue weighted by Gasteiger charge is 2.18. The van der Waals surface area contributed by atoms with Gasteiger partial charge in [-0.3, -0.25) is 0 Å². The summed E-state index contributed by atoms with van der Waals surface area (Å²) in [6, 6.07) is 5.59. The molecule has 2 rings (SSSR count). The van der Waals surface area contributed by atoms with Gasteiger partial charge in [0, 0.05) is 0 Å². The molecule has 0 amide bonds. The Kier molecular flexibility index (Phi) is 2.20. The molecule has 0 radical (unpaired) electrons. The molecule has 2 nitrogen and oxygen atoms in total. The van der Waals surface area contributed by atoms with Crippen LogP contribution >= 0.6 is 21.6 Å². The average Bonchev–Trinajstić information content (AvgIpc) is 2.47. The van der Waals surface area contributed by atoms with Crippen LogP contribution in [0, 0.1) is 0 Å². The van der Waals surface area contributed by atoms with Crippen molar-refractivity contribution in [3.05, 3.63) is 18.2 Å². The Balaban J connectivity index is 2.80. The van der Waals surface area contributed by atoms with Gasteiger partial charge in [0.15, 0.2) is 0 Å². The normalized spacial score (nSPS) is 13.4. The van der Waals surface area contributed by atoms with Crippen LogP contribution in [0.2, 0.25) is 0 Å². The van der Waals surface area contributed by atoms with Gasteiger partial charge in [-0.1, -0.05) is 6.07 Å². The van der Waals surface area contributed by atoms with Gasteiger partial charge in [-0.05, 0) is 42.4 Å². The average molecular weight is 227 g/mol. The van der Waals surface area contributed by atoms with Gasteiger partial charge < -0.3 is 5.11 Å². The van der Waals surface area contributed by atoms with E-state index in [1.807, 2.05) is 12.1 Å². The molecule has 0 fully saturated rings. The minimum absolute atomic E-state index is 0.355. The van der Waals surface area contributed by atoms with Crippen LogP contribution in [-0.2, 0) is 0 Å². The van der Waals surface area contributed by atoms with E-state index in [0.29, 0.717) is 5.75 Å². The number of fused-ring (bicyclic) bond motifs is 1. The van der Waals surface area contributed by atoms with E-state index >= 15 is 0 Å². The van der Waals surface area contributed by atoms with Gasteiger partial charge >= 0.3 is 0 Å². The van der Waals surface area contributed by atoms with E-state index in [0.717, 1.165) is 15.1 Å². The summed E-state index contributed by atoms with van der Waals surface area (Å²) in [7, 11) is -0.869. The van der Waals surface area contributed by atoms with E-state index in [4.69, 9.17) is 0 Å². The van der Waals surface area contributed by atoms with E-state index in [1.165, 1.54) is 11.5 Å². The monoisotopic (exact) mass is 227 g/mol. The smallest absolute Gasteiger partial charge is 0.126 e. The van der Waals surface area contributed by atoms with Gasteiger partial charge in [0.25, 0.3) is 0 Å². The van der Waals surface area contributed by atoms with Crippen LogP contribution in [0.4, 0.5) is 0 Å². The van der Waals surface area contributed by atoms with Crippen molar-refractivity contribution in [1.29, 1.82) is 0 Å². The number of aromatic hydroxyl groups is 1. The molecule has 76 valence electrons. The molecule has 2 aromatic rings. The summed E-state index contributed by atoms with van der Waals surface area (Å²) in [6.45, 7) is 0. The van der Waals surface area contributed by atoms with Crippen molar-refractivity contribution < 1.29 is 5.11 Å². The number of benzene rings is 1. The third-order valence-electron chi connectivity index (χ3n) is 2.03. The Hall–Kier alpha value is -0.740. The molecule has 0 bridgehead atoms. The van der Waals surface area contributed by atoms with Crippen molar-refractivity contribution in [2.45, 2.75) is 5.03 Å². The third-order valence-corrected chi connectivity index (χ3v) is 4.41. The second-order valence-corrected chi connectivity index (χ2v) is 8.84. The lowest BCUT2D eigenvalue weighted by atomic mass is 10.2. The first-order valence-corrected chi connectivity index (χ1v) is 7.89. The molecule has 0 saturated carbocycles. The fraction of sp³-hybridized carbons (Fsp3) is 0.300. The maximum atomic E-state index is 9.78. The van der Waals surface area contributed by atoms with Crippen LogP contribution in [0.5, 0.6) is 5.75 Å². The second-order valence-electron chi connectivity index (χ2n) is 3.98. The third kappa shape index (κ3) is 1.48. The van der Waals surface area contributed by atoms with Crippen LogP contribution in [-0.4, -0.2) is 28.2 Å². The number of aromatic nitrogens is 1. The molecule has 0 atom stereocenters. The molecule has 0 spiro atoms. The Morgan fingerprint density at radius 1 is 1.29 bits per heavy atom. The van der Waals surface area contributed by atoms with Crippen molar-refractivity contribution in [3.63, 3.8) is 0 Å². The molecule has 1 heterocycles. The molecular weight excluding hydrogens is 214 g/mol. The zero-order valence-corrected chi connectivity index (χ0v) is 10.1. The molecule has 0 aliphatic carbocycles. The fourth-order valence-corrected chi connectivity index (χ4v) is 3.97. The predicted molar refractivity (Wildman–Crippen MR) is 64.9 cm³/mol. The summed E-state index contributed by atoms with van der Waals surface area (Å²) >= 11 is 1.47. The zero-order valence-electron chi connectivity index (χ0n) is 8.44. The molecule has 1 aromatic heterocycles. The SMILES string of the molecule is CS(C)(C)c1nsc2cccc(O)c12. The number of nitrogens with zero attached hydrogens (tertiary/aromatic N) is 1. The highest BCUT2D eigenvalue weighted by molar-refractivity contribution is 8.32. The number of phenols is 1. The van der Waals surface area contributed by atoms with E-state index in [-0.39, 0.29) is 0 Å². The van der Waals surface area contributed by atoms with Crippen molar-refractivity contribution in [2.24, 2.45) is 0 Å². The standard InChI is InChI=1S/C10H13NOS2/c1-14(2,3)10-9-7(12)5-4-6-8(9)13-11-10/h4-6,12H,1-3H3. The largest absolute Gasteiger partial charge is 0.507 e. The number of rotatable bonds is 1. The second kappa shape index (κ2) is 3.14. The Morgan fingerprint density at radius 3 is 2.64 bits per heavy atom. The summed E-state index contributed by atoms with van der Waals surface area (Å²) in [5.41, 5.74) is 0. The zero-order chi connectivity index (χ0) is 10.3. The Labute approximate surface area is 89.1 Å². The van der Waals surface area contributed by atoms with Crippen LogP contribution in [0.3, 0.4) is 0 Å². The fourth-order valence-electron chi connectivity index (χ4n) is 1.36. The van der Waals surface area contributed by atoms with Gasteiger partial charge in [-0.2, -0.15) is 4.37 Å². The minimum Gasteiger partial charge on any atom is -0.507 e. The van der Waals surface area contributed by atoms with E-state index in [1.54, 1.807) is 6.07 Å². The van der Waals surface area contributed by atoms with Gasteiger partial charge in [-0.15, -0.1) is 0 Å². The topological polar surface area (TPSA) is 33.1 Å². The predicted octanol–water partition coefficient (Wildman–Crippen LogP) is 3.05. The quantitative estimate of drug-likeness (QED) is 0.812. The van der Waals surface area contributed by atoms with Crippen molar-refractivity contribution in [2.75, 3.05) is 18.8 Å². The molecule has 0 aliphatic rings. The van der Waals surface area contributed by atoms with E-state index in [2.05, 4.69) is 23.1 Å². The molecule has 1 N–H and O–H groups in total. The van der Waals surface area contributed by atoms with Gasteiger partial charge in [0.1, 0.15) is 10.8 Å². The van der Waals surface area contributed by atoms with Crippen molar-refractivity contribution in [1.82, 2.24) is 4.37 Å². The first-order chi connectivity index (χ1) is 6.50. The van der Waals surface area contributed by atoms with Gasteiger partial charge in [0.05, 0.1) is 10.1 Å². The molecule has 0 saturated heterocycles. The summed E-state index contributed by atoms with van der Waals surface area (Å²) in [6.07, 6.45) is 6.57. The highest BCUT2D eigenvalue weighted by Crippen LogP contribution is 2.50. The molecular formula is C10H13NOS2. The number of hydrogen-bond donors (Lipinski definition) is 1. The summed E-state index contributed by atoms with van der Waals surface area (Å²) < 4.78 is 5.52. The van der Waals surface area contributed by atoms with Gasteiger partial charge in [0.2, 0.25) is 0 Å². The lowest BCUT2D eigenvalue weighted by Crippen LogP contribution is -1.93. The molecule has 0 aliphatic heterocycles. The molecule has 0 unspecified atom stereocenters. The minimum atomic E-state index is -0.869. The van der Waals surface area contributed by atoms with Crippen LogP contribution in [0.1, 0.15) is 0 Å². The van der Waals surface area contributed by atoms with Crippen LogP contribution in [0.15, 0.2) is 23.2 Å². The lowest BCUT2D eigenvalue weighted by Gasteiger charge is -2.22. The van der Waals surface area contributed by atoms with E-state index < -0.39 is 10.0 Å². The van der Waals surface area contributed by atoms with E-state index in [9.17, 15) is 5.11 Å².